The maximum absolute atomic E-state index is 12.7. The van der Waals surface area contributed by atoms with E-state index >= 15 is 0 Å². The summed E-state index contributed by atoms with van der Waals surface area (Å²) in [7, 11) is 0. The predicted molar refractivity (Wildman–Crippen MR) is 124 cm³/mol. The topological polar surface area (TPSA) is 135 Å². The van der Waals surface area contributed by atoms with Gasteiger partial charge in [0.25, 0.3) is 5.56 Å². The molecule has 2 aromatic carbocycles. The van der Waals surface area contributed by atoms with Gasteiger partial charge in [-0.1, -0.05) is 59.8 Å². The molecule has 0 radical (unpaired) electrons. The molecular formula is C25H21N3O6. The van der Waals surface area contributed by atoms with Crippen molar-refractivity contribution in [2.75, 3.05) is 5.32 Å². The lowest BCUT2D eigenvalue weighted by molar-refractivity contribution is -0.136. The number of aromatic amines is 1. The molecule has 0 aliphatic heterocycles. The average Bonchev–Trinajstić information content (AvgIpc) is 3.27. The zero-order valence-corrected chi connectivity index (χ0v) is 18.1. The summed E-state index contributed by atoms with van der Waals surface area (Å²) in [6.45, 7) is 1.76. The minimum absolute atomic E-state index is 0.0938. The van der Waals surface area contributed by atoms with Crippen molar-refractivity contribution in [3.8, 4) is 22.6 Å². The molecule has 0 aliphatic carbocycles. The molecule has 1 unspecified atom stereocenters. The summed E-state index contributed by atoms with van der Waals surface area (Å²) in [4.78, 5) is 38.6. The SMILES string of the molecule is CC(OC(=O)Nc1cnoc1-c1ccc(-c2ccc(CC(=O)O)cc2)c(=O)[nH]1)c1ccccc1. The molecule has 0 fully saturated rings. The molecule has 1 amide bonds. The van der Waals surface area contributed by atoms with E-state index in [1.165, 1.54) is 6.20 Å². The highest BCUT2D eigenvalue weighted by molar-refractivity contribution is 5.89. The molecule has 2 heterocycles. The standard InChI is InChI=1S/C25H21N3O6/c1-15(17-5-3-2-4-6-17)33-25(32)28-21-14-26-34-23(21)20-12-11-19(24(31)27-20)18-9-7-16(8-10-18)13-22(29)30/h2-12,14-15H,13H2,1H3,(H,27,31)(H,28,32)(H,29,30). The van der Waals surface area contributed by atoms with Crippen LogP contribution in [0, 0.1) is 0 Å². The van der Waals surface area contributed by atoms with Gasteiger partial charge in [0.2, 0.25) is 5.76 Å². The Bertz CT molecular complexity index is 1360. The first kappa shape index (κ1) is 22.5. The molecule has 172 valence electrons. The van der Waals surface area contributed by atoms with Crippen LogP contribution in [0.25, 0.3) is 22.6 Å². The minimum Gasteiger partial charge on any atom is -0.481 e. The molecule has 0 bridgehead atoms. The number of carboxylic acid groups (broad SMARTS) is 1. The fourth-order valence-electron chi connectivity index (χ4n) is 3.43. The Morgan fingerprint density at radius 3 is 2.50 bits per heavy atom. The number of carbonyl (C=O) groups is 2. The third-order valence-corrected chi connectivity index (χ3v) is 5.13. The number of amides is 1. The van der Waals surface area contributed by atoms with Crippen LogP contribution < -0.4 is 10.9 Å². The number of carboxylic acids is 1. The van der Waals surface area contributed by atoms with Crippen LogP contribution in [0.4, 0.5) is 10.5 Å². The van der Waals surface area contributed by atoms with Crippen molar-refractivity contribution in [2.45, 2.75) is 19.4 Å². The van der Waals surface area contributed by atoms with Crippen molar-refractivity contribution in [3.05, 3.63) is 94.4 Å². The first-order valence-corrected chi connectivity index (χ1v) is 10.4. The smallest absolute Gasteiger partial charge is 0.412 e. The lowest BCUT2D eigenvalue weighted by Gasteiger charge is -2.13. The van der Waals surface area contributed by atoms with E-state index in [0.717, 1.165) is 5.56 Å². The maximum atomic E-state index is 12.7. The molecule has 9 heteroatoms. The average molecular weight is 459 g/mol. The highest BCUT2D eigenvalue weighted by Crippen LogP contribution is 2.27. The fourth-order valence-corrected chi connectivity index (χ4v) is 3.43. The summed E-state index contributed by atoms with van der Waals surface area (Å²) in [6, 6.07) is 19.2. The normalized spacial score (nSPS) is 11.6. The number of carbonyl (C=O) groups excluding carboxylic acids is 1. The van der Waals surface area contributed by atoms with Gasteiger partial charge in [-0.2, -0.15) is 0 Å². The highest BCUT2D eigenvalue weighted by atomic mass is 16.6. The van der Waals surface area contributed by atoms with Crippen LogP contribution in [0.5, 0.6) is 0 Å². The molecule has 0 aliphatic rings. The predicted octanol–water partition coefficient (Wildman–Crippen LogP) is 4.63. The summed E-state index contributed by atoms with van der Waals surface area (Å²) in [5, 5.41) is 15.2. The van der Waals surface area contributed by atoms with Crippen molar-refractivity contribution in [3.63, 3.8) is 0 Å². The number of H-pyrrole nitrogens is 1. The van der Waals surface area contributed by atoms with Crippen molar-refractivity contribution < 1.29 is 24.0 Å². The van der Waals surface area contributed by atoms with Crippen LogP contribution >= 0.6 is 0 Å². The van der Waals surface area contributed by atoms with Gasteiger partial charge in [-0.3, -0.25) is 14.9 Å². The highest BCUT2D eigenvalue weighted by Gasteiger charge is 2.18. The van der Waals surface area contributed by atoms with Crippen LogP contribution in [0.2, 0.25) is 0 Å². The van der Waals surface area contributed by atoms with E-state index in [-0.39, 0.29) is 23.4 Å². The lowest BCUT2D eigenvalue weighted by Crippen LogP contribution is -2.16. The Labute approximate surface area is 194 Å². The van der Waals surface area contributed by atoms with E-state index in [1.54, 1.807) is 43.3 Å². The summed E-state index contributed by atoms with van der Waals surface area (Å²) in [5.74, 6) is -0.755. The van der Waals surface area contributed by atoms with E-state index in [1.807, 2.05) is 30.3 Å². The van der Waals surface area contributed by atoms with Gasteiger partial charge in [0.05, 0.1) is 18.3 Å². The number of rotatable bonds is 7. The molecule has 0 spiro atoms. The molecular weight excluding hydrogens is 438 g/mol. The second-order valence-electron chi connectivity index (χ2n) is 7.53. The lowest BCUT2D eigenvalue weighted by atomic mass is 10.0. The zero-order valence-electron chi connectivity index (χ0n) is 18.1. The molecule has 9 nitrogen and oxygen atoms in total. The van der Waals surface area contributed by atoms with E-state index in [4.69, 9.17) is 14.4 Å². The Kier molecular flexibility index (Phi) is 6.54. The van der Waals surface area contributed by atoms with Gasteiger partial charge in [-0.15, -0.1) is 0 Å². The number of nitrogens with zero attached hydrogens (tertiary/aromatic N) is 1. The Hall–Kier alpha value is -4.66. The van der Waals surface area contributed by atoms with Crippen LogP contribution in [0.3, 0.4) is 0 Å². The van der Waals surface area contributed by atoms with Gasteiger partial charge in [0.15, 0.2) is 0 Å². The van der Waals surface area contributed by atoms with E-state index in [9.17, 15) is 14.4 Å². The van der Waals surface area contributed by atoms with Crippen LogP contribution in [0.15, 0.2) is 82.2 Å². The van der Waals surface area contributed by atoms with Gasteiger partial charge in [-0.05, 0) is 35.7 Å². The van der Waals surface area contributed by atoms with Crippen molar-refractivity contribution in [1.82, 2.24) is 10.1 Å². The van der Waals surface area contributed by atoms with Crippen molar-refractivity contribution >= 4 is 17.7 Å². The number of pyridine rings is 1. The number of hydrogen-bond donors (Lipinski definition) is 3. The van der Waals surface area contributed by atoms with Gasteiger partial charge >= 0.3 is 12.1 Å². The first-order chi connectivity index (χ1) is 16.4. The molecule has 4 aromatic rings. The first-order valence-electron chi connectivity index (χ1n) is 10.4. The molecule has 0 saturated carbocycles. The number of ether oxygens (including phenoxy) is 1. The van der Waals surface area contributed by atoms with E-state index < -0.39 is 18.2 Å². The molecule has 34 heavy (non-hydrogen) atoms. The third kappa shape index (κ3) is 5.21. The van der Waals surface area contributed by atoms with E-state index in [0.29, 0.717) is 22.4 Å². The van der Waals surface area contributed by atoms with Gasteiger partial charge in [0, 0.05) is 5.56 Å². The second-order valence-corrected chi connectivity index (χ2v) is 7.53. The van der Waals surface area contributed by atoms with Crippen molar-refractivity contribution in [2.24, 2.45) is 0 Å². The number of aliphatic carboxylic acids is 1. The molecule has 3 N–H and O–H groups in total. The van der Waals surface area contributed by atoms with Crippen LogP contribution in [-0.4, -0.2) is 27.3 Å². The quantitative estimate of drug-likeness (QED) is 0.367. The summed E-state index contributed by atoms with van der Waals surface area (Å²) >= 11 is 0. The van der Waals surface area contributed by atoms with Gasteiger partial charge < -0.3 is 19.4 Å². The summed E-state index contributed by atoms with van der Waals surface area (Å²) in [5.41, 5.74) is 2.69. The third-order valence-electron chi connectivity index (χ3n) is 5.13. The Morgan fingerprint density at radius 2 is 1.82 bits per heavy atom. The second kappa shape index (κ2) is 9.86. The largest absolute Gasteiger partial charge is 0.481 e. The molecule has 2 aromatic heterocycles. The number of benzene rings is 2. The minimum atomic E-state index is -0.926. The maximum Gasteiger partial charge on any atom is 0.412 e. The van der Waals surface area contributed by atoms with Crippen LogP contribution in [0.1, 0.15) is 24.2 Å². The molecule has 0 saturated heterocycles. The number of aromatic nitrogens is 2. The molecule has 1 atom stereocenters. The van der Waals surface area contributed by atoms with Gasteiger partial charge in [-0.25, -0.2) is 4.79 Å². The summed E-state index contributed by atoms with van der Waals surface area (Å²) < 4.78 is 10.7. The zero-order chi connectivity index (χ0) is 24.1. The Balaban J connectivity index is 1.49. The fraction of sp³-hybridized carbons (Fsp3) is 0.120. The van der Waals surface area contributed by atoms with Crippen molar-refractivity contribution in [1.29, 1.82) is 0 Å². The molecule has 4 rings (SSSR count). The number of anilines is 1. The van der Waals surface area contributed by atoms with Gasteiger partial charge in [0.1, 0.15) is 11.8 Å². The summed E-state index contributed by atoms with van der Waals surface area (Å²) in [6.07, 6.45) is 0.0623. The van der Waals surface area contributed by atoms with E-state index in [2.05, 4.69) is 15.5 Å². The number of nitrogens with one attached hydrogen (secondary N) is 2. The number of hydrogen-bond acceptors (Lipinski definition) is 6. The van der Waals surface area contributed by atoms with Crippen LogP contribution in [-0.2, 0) is 16.0 Å². The Morgan fingerprint density at radius 1 is 1.09 bits per heavy atom. The monoisotopic (exact) mass is 459 g/mol.